The molecule has 3 N–H and O–H groups in total. The van der Waals surface area contributed by atoms with Gasteiger partial charge in [-0.05, 0) is 48.5 Å². The van der Waals surface area contributed by atoms with E-state index in [2.05, 4.69) is 31.1 Å². The van der Waals surface area contributed by atoms with Gasteiger partial charge in [0.25, 0.3) is 5.56 Å². The van der Waals surface area contributed by atoms with Crippen LogP contribution in [0.1, 0.15) is 30.4 Å². The molecule has 0 unspecified atom stereocenters. The van der Waals surface area contributed by atoms with Crippen LogP contribution in [0.5, 0.6) is 11.8 Å². The van der Waals surface area contributed by atoms with Gasteiger partial charge >= 0.3 is 6.01 Å². The molecule has 5 aromatic rings. The van der Waals surface area contributed by atoms with E-state index in [0.29, 0.717) is 18.4 Å². The zero-order valence-electron chi connectivity index (χ0n) is 24.0. The first kappa shape index (κ1) is 28.7. The fourth-order valence-corrected chi connectivity index (χ4v) is 6.73. The lowest BCUT2D eigenvalue weighted by molar-refractivity contribution is 0.107. The molecule has 2 aliphatic heterocycles. The third kappa shape index (κ3) is 5.01. The van der Waals surface area contributed by atoms with Crippen LogP contribution in [-0.4, -0.2) is 56.4 Å². The number of alkyl halides is 1. The second-order valence-electron chi connectivity index (χ2n) is 11.6. The summed E-state index contributed by atoms with van der Waals surface area (Å²) in [5.41, 5.74) is -1.21. The van der Waals surface area contributed by atoms with Crippen molar-refractivity contribution in [3.63, 3.8) is 0 Å². The van der Waals surface area contributed by atoms with Crippen LogP contribution in [-0.2, 0) is 6.54 Å². The Morgan fingerprint density at radius 3 is 2.78 bits per heavy atom. The standard InChI is InChI=1S/C34H28F3N5O3/c1-2-23-25(36)10-9-20-13-22(43)14-24(26(20)23)29-28(37)30-27(32(44)39-29)31(38-16-19-7-4-3-5-8-19)41-33(40-30)45-18-34-11-6-12-42(34)17-21(35)15-34/h1,3-5,7-10,13-14,21,43H,6,11-12,15-18H2,(H,39,44)(H,38,40,41)/t21-,34+/m1/s1. The lowest BCUT2D eigenvalue weighted by Crippen LogP contribution is -2.43. The minimum Gasteiger partial charge on any atom is -0.508 e. The normalized spacial score (nSPS) is 19.6. The molecule has 2 atom stereocenters. The molecule has 8 nitrogen and oxygen atoms in total. The summed E-state index contributed by atoms with van der Waals surface area (Å²) in [5, 5.41) is 13.9. The number of halogens is 3. The Morgan fingerprint density at radius 1 is 1.16 bits per heavy atom. The zero-order chi connectivity index (χ0) is 31.3. The highest BCUT2D eigenvalue weighted by Crippen LogP contribution is 2.41. The zero-order valence-corrected chi connectivity index (χ0v) is 24.0. The summed E-state index contributed by atoms with van der Waals surface area (Å²) in [5.74, 6) is 0.424. The molecule has 0 saturated carbocycles. The molecular formula is C34H28F3N5O3. The molecule has 0 radical (unpaired) electrons. The number of anilines is 1. The molecule has 3 aromatic carbocycles. The summed E-state index contributed by atoms with van der Waals surface area (Å²) in [4.78, 5) is 27.1. The summed E-state index contributed by atoms with van der Waals surface area (Å²) in [6, 6.07) is 14.3. The van der Waals surface area contributed by atoms with Gasteiger partial charge in [-0.1, -0.05) is 42.3 Å². The van der Waals surface area contributed by atoms with Crippen molar-refractivity contribution >= 4 is 27.5 Å². The summed E-state index contributed by atoms with van der Waals surface area (Å²) in [6.07, 6.45) is 6.62. The molecule has 0 amide bonds. The van der Waals surface area contributed by atoms with E-state index in [0.717, 1.165) is 31.0 Å². The first-order valence-electron chi connectivity index (χ1n) is 14.6. The first-order valence-corrected chi connectivity index (χ1v) is 14.6. The number of hydrogen-bond donors (Lipinski definition) is 3. The maximum Gasteiger partial charge on any atom is 0.319 e. The molecule has 0 spiro atoms. The smallest absolute Gasteiger partial charge is 0.319 e. The van der Waals surface area contributed by atoms with Gasteiger partial charge in [0.05, 0.1) is 16.8 Å². The SMILES string of the molecule is C#Cc1c(F)ccc2cc(O)cc(-c3[nH]c(=O)c4c(NCc5ccccc5)nc(OC[C@@]56CCCN5C[C@H](F)C6)nc4c3F)c12. The Bertz CT molecular complexity index is 2060. The minimum atomic E-state index is -0.970. The molecule has 228 valence electrons. The number of hydrogen-bond acceptors (Lipinski definition) is 7. The molecule has 45 heavy (non-hydrogen) atoms. The molecule has 2 aliphatic rings. The van der Waals surface area contributed by atoms with E-state index in [1.165, 1.54) is 18.2 Å². The number of aromatic hydroxyl groups is 1. The average Bonchev–Trinajstić information content (AvgIpc) is 3.56. The van der Waals surface area contributed by atoms with E-state index in [9.17, 15) is 18.7 Å². The molecule has 4 heterocycles. The van der Waals surface area contributed by atoms with Crippen LogP contribution < -0.4 is 15.6 Å². The van der Waals surface area contributed by atoms with Crippen molar-refractivity contribution in [2.75, 3.05) is 25.0 Å². The van der Waals surface area contributed by atoms with Crippen molar-refractivity contribution in [3.8, 4) is 35.4 Å². The van der Waals surface area contributed by atoms with Crippen molar-refractivity contribution < 1.29 is 23.0 Å². The van der Waals surface area contributed by atoms with Gasteiger partial charge in [0, 0.05) is 30.5 Å². The van der Waals surface area contributed by atoms with E-state index in [4.69, 9.17) is 11.2 Å². The van der Waals surface area contributed by atoms with Crippen LogP contribution in [0.25, 0.3) is 32.9 Å². The summed E-state index contributed by atoms with van der Waals surface area (Å²) >= 11 is 0. The number of H-pyrrole nitrogens is 1. The van der Waals surface area contributed by atoms with Gasteiger partial charge in [-0.25, -0.2) is 13.2 Å². The Balaban J connectivity index is 1.38. The molecule has 0 bridgehead atoms. The number of fused-ring (bicyclic) bond motifs is 3. The number of aromatic amines is 1. The number of terminal acetylenes is 1. The van der Waals surface area contributed by atoms with Gasteiger partial charge in [0.1, 0.15) is 41.1 Å². The number of nitrogens with one attached hydrogen (secondary N) is 2. The van der Waals surface area contributed by atoms with Crippen LogP contribution >= 0.6 is 0 Å². The molecule has 2 aromatic heterocycles. The number of rotatable bonds is 7. The maximum atomic E-state index is 16.6. The third-order valence-electron chi connectivity index (χ3n) is 8.78. The highest BCUT2D eigenvalue weighted by Gasteiger charge is 2.49. The van der Waals surface area contributed by atoms with Gasteiger partial charge in [-0.3, -0.25) is 9.69 Å². The lowest BCUT2D eigenvalue weighted by Gasteiger charge is -2.30. The third-order valence-corrected chi connectivity index (χ3v) is 8.78. The topological polar surface area (TPSA) is 103 Å². The first-order chi connectivity index (χ1) is 21.8. The summed E-state index contributed by atoms with van der Waals surface area (Å²) in [6.45, 7) is 1.45. The Morgan fingerprint density at radius 2 is 1.98 bits per heavy atom. The summed E-state index contributed by atoms with van der Waals surface area (Å²) in [7, 11) is 0. The van der Waals surface area contributed by atoms with Gasteiger partial charge in [-0.2, -0.15) is 9.97 Å². The van der Waals surface area contributed by atoms with E-state index in [-0.39, 0.29) is 63.8 Å². The monoisotopic (exact) mass is 611 g/mol. The highest BCUT2D eigenvalue weighted by atomic mass is 19.1. The molecule has 2 saturated heterocycles. The van der Waals surface area contributed by atoms with E-state index >= 15 is 4.39 Å². The number of benzene rings is 3. The van der Waals surface area contributed by atoms with Gasteiger partial charge in [0.15, 0.2) is 5.82 Å². The second-order valence-corrected chi connectivity index (χ2v) is 11.6. The minimum absolute atomic E-state index is 0.0192. The molecule has 11 heteroatoms. The quantitative estimate of drug-likeness (QED) is 0.204. The maximum absolute atomic E-state index is 16.6. The van der Waals surface area contributed by atoms with Crippen LogP contribution in [0.15, 0.2) is 59.4 Å². The van der Waals surface area contributed by atoms with Gasteiger partial charge in [0.2, 0.25) is 0 Å². The van der Waals surface area contributed by atoms with Crippen molar-refractivity contribution in [1.82, 2.24) is 19.9 Å². The van der Waals surface area contributed by atoms with E-state index in [1.54, 1.807) is 0 Å². The van der Waals surface area contributed by atoms with Crippen LogP contribution in [0.3, 0.4) is 0 Å². The number of aromatic nitrogens is 3. The van der Waals surface area contributed by atoms with Crippen LogP contribution in [0.4, 0.5) is 19.0 Å². The molecule has 7 rings (SSSR count). The van der Waals surface area contributed by atoms with Crippen molar-refractivity contribution in [2.24, 2.45) is 0 Å². The predicted molar refractivity (Wildman–Crippen MR) is 165 cm³/mol. The lowest BCUT2D eigenvalue weighted by atomic mass is 9.95. The van der Waals surface area contributed by atoms with Gasteiger partial charge in [-0.15, -0.1) is 6.42 Å². The van der Waals surface area contributed by atoms with Crippen molar-refractivity contribution in [3.05, 3.63) is 87.7 Å². The average molecular weight is 612 g/mol. The van der Waals surface area contributed by atoms with E-state index < -0.39 is 28.9 Å². The van der Waals surface area contributed by atoms with Crippen molar-refractivity contribution in [2.45, 2.75) is 37.5 Å². The number of phenols is 1. The molecular weight excluding hydrogens is 583 g/mol. The number of phenolic OH excluding ortho intramolecular Hbond substituents is 1. The molecule has 0 aliphatic carbocycles. The summed E-state index contributed by atoms with van der Waals surface area (Å²) < 4.78 is 51.8. The van der Waals surface area contributed by atoms with Crippen molar-refractivity contribution in [1.29, 1.82) is 0 Å². The number of ether oxygens (including phenoxy) is 1. The highest BCUT2D eigenvalue weighted by molar-refractivity contribution is 6.02. The number of pyridine rings is 1. The fraction of sp³-hybridized carbons (Fsp3) is 0.265. The predicted octanol–water partition coefficient (Wildman–Crippen LogP) is 5.67. The number of nitrogens with zero attached hydrogens (tertiary/aromatic N) is 3. The Kier molecular flexibility index (Phi) is 7.09. The Labute approximate surface area is 255 Å². The largest absolute Gasteiger partial charge is 0.508 e. The van der Waals surface area contributed by atoms with Crippen LogP contribution in [0.2, 0.25) is 0 Å². The van der Waals surface area contributed by atoms with E-state index in [1.807, 2.05) is 30.3 Å². The van der Waals surface area contributed by atoms with Gasteiger partial charge < -0.3 is 20.1 Å². The fourth-order valence-electron chi connectivity index (χ4n) is 6.73. The second kappa shape index (κ2) is 11.1. The molecule has 2 fully saturated rings. The Hall–Kier alpha value is -5.08. The van der Waals surface area contributed by atoms with Crippen LogP contribution in [0, 0.1) is 24.0 Å².